The first-order chi connectivity index (χ1) is 10.3. The standard InChI is InChI=1S/C12H8NO2S.C5H5.Fe/c1-16-11-6-10(8-4-2-3-5-8)15-12(14)9(11)7-13;1-2-4-5-3-1;/h2-6H,1H3;1-5H;. The van der Waals surface area contributed by atoms with Crippen LogP contribution in [0.15, 0.2) is 20.2 Å². The summed E-state index contributed by atoms with van der Waals surface area (Å²) >= 11 is 1.36. The molecule has 2 saturated carbocycles. The van der Waals surface area contributed by atoms with Crippen molar-refractivity contribution in [1.82, 2.24) is 0 Å². The molecule has 22 heavy (non-hydrogen) atoms. The Morgan fingerprint density at radius 2 is 1.59 bits per heavy atom. The summed E-state index contributed by atoms with van der Waals surface area (Å²) in [4.78, 5) is 12.2. The monoisotopic (exact) mass is 351 g/mol. The molecule has 0 saturated heterocycles. The van der Waals surface area contributed by atoms with Gasteiger partial charge >= 0.3 is 5.63 Å². The summed E-state index contributed by atoms with van der Waals surface area (Å²) in [5, 5.41) is 8.83. The molecule has 0 N–H and O–H groups in total. The van der Waals surface area contributed by atoms with Gasteiger partial charge in [-0.15, -0.1) is 11.8 Å². The van der Waals surface area contributed by atoms with Gasteiger partial charge in [-0.25, -0.2) is 4.79 Å². The summed E-state index contributed by atoms with van der Waals surface area (Å²) < 4.78 is 5.09. The van der Waals surface area contributed by atoms with E-state index in [0.29, 0.717) is 10.7 Å². The van der Waals surface area contributed by atoms with Crippen molar-refractivity contribution in [2.24, 2.45) is 0 Å². The van der Waals surface area contributed by atoms with Crippen LogP contribution in [0.25, 0.3) is 0 Å². The normalized spacial score (nSPS) is 17.3. The van der Waals surface area contributed by atoms with Gasteiger partial charge in [-0.05, 0) is 70.1 Å². The molecule has 2 aliphatic rings. The van der Waals surface area contributed by atoms with Gasteiger partial charge in [0, 0.05) is 27.9 Å². The van der Waals surface area contributed by atoms with Crippen LogP contribution >= 0.6 is 11.8 Å². The minimum absolute atomic E-state index is 0. The maximum Gasteiger partial charge on any atom is 0.355 e. The Labute approximate surface area is 147 Å². The van der Waals surface area contributed by atoms with Gasteiger partial charge in [0.2, 0.25) is 0 Å². The first kappa shape index (κ1) is 19.4. The molecule has 5 heteroatoms. The van der Waals surface area contributed by atoms with Gasteiger partial charge in [0.25, 0.3) is 0 Å². The summed E-state index contributed by atoms with van der Waals surface area (Å²) in [5.74, 6) is 1.34. The second kappa shape index (κ2) is 10.2. The van der Waals surface area contributed by atoms with Crippen molar-refractivity contribution < 1.29 is 21.5 Å². The van der Waals surface area contributed by atoms with E-state index >= 15 is 0 Å². The zero-order chi connectivity index (χ0) is 15.1. The third kappa shape index (κ3) is 5.19. The Bertz CT molecular complexity index is 547. The molecule has 0 bridgehead atoms. The molecule has 3 nitrogen and oxygen atoms in total. The van der Waals surface area contributed by atoms with Crippen molar-refractivity contribution in [3.63, 3.8) is 0 Å². The van der Waals surface area contributed by atoms with Gasteiger partial charge < -0.3 is 4.42 Å². The van der Waals surface area contributed by atoms with E-state index in [0.717, 1.165) is 5.92 Å². The van der Waals surface area contributed by atoms with Crippen molar-refractivity contribution in [3.05, 3.63) is 91.5 Å². The zero-order valence-electron chi connectivity index (χ0n) is 11.8. The van der Waals surface area contributed by atoms with Gasteiger partial charge in [0.1, 0.15) is 11.8 Å². The fraction of sp³-hybridized carbons (Fsp3) is 0.0588. The largest absolute Gasteiger partial charge is 0.426 e. The smallest absolute Gasteiger partial charge is 0.355 e. The maximum atomic E-state index is 11.5. The van der Waals surface area contributed by atoms with Gasteiger partial charge in [-0.1, -0.05) is 0 Å². The molecule has 0 atom stereocenters. The van der Waals surface area contributed by atoms with Crippen molar-refractivity contribution in [1.29, 1.82) is 5.26 Å². The Balaban J connectivity index is 0.000000344. The van der Waals surface area contributed by atoms with E-state index in [-0.39, 0.29) is 22.6 Å². The van der Waals surface area contributed by atoms with E-state index in [4.69, 9.17) is 9.68 Å². The third-order valence-electron chi connectivity index (χ3n) is 2.75. The maximum absolute atomic E-state index is 11.5. The third-order valence-corrected chi connectivity index (χ3v) is 3.51. The predicted octanol–water partition coefficient (Wildman–Crippen LogP) is 3.01. The molecule has 2 fully saturated rings. The van der Waals surface area contributed by atoms with Crippen molar-refractivity contribution in [3.8, 4) is 6.07 Å². The first-order valence-electron chi connectivity index (χ1n) is 6.27. The second-order valence-electron chi connectivity index (χ2n) is 4.09. The Morgan fingerprint density at radius 1 is 1.05 bits per heavy atom. The van der Waals surface area contributed by atoms with E-state index < -0.39 is 5.63 Å². The quantitative estimate of drug-likeness (QED) is 0.607. The summed E-state index contributed by atoms with van der Waals surface area (Å²) in [6, 6.07) is 3.58. The Morgan fingerprint density at radius 3 is 2.05 bits per heavy atom. The number of nitriles is 1. The molecule has 0 aromatic carbocycles. The van der Waals surface area contributed by atoms with Crippen molar-refractivity contribution in [2.75, 3.05) is 6.26 Å². The molecule has 0 amide bonds. The van der Waals surface area contributed by atoms with Crippen LogP contribution < -0.4 is 5.63 Å². The summed E-state index contributed by atoms with van der Waals surface area (Å²) in [6.07, 6.45) is 19.3. The molecular weight excluding hydrogens is 338 g/mol. The Hall–Kier alpha value is -0.691. The molecule has 1 aromatic rings. The molecular formula is C17H13FeNO2S. The average Bonchev–Trinajstić information content (AvgIpc) is 3.21. The van der Waals surface area contributed by atoms with Gasteiger partial charge in [0.05, 0.1) is 0 Å². The van der Waals surface area contributed by atoms with Crippen LogP contribution in [-0.2, 0) is 17.1 Å². The van der Waals surface area contributed by atoms with Crippen LogP contribution in [0.2, 0.25) is 0 Å². The number of thioether (sulfide) groups is 1. The number of nitrogens with zero attached hydrogens (tertiary/aromatic N) is 1. The molecule has 0 aliphatic heterocycles. The molecule has 3 rings (SSSR count). The number of hydrogen-bond donors (Lipinski definition) is 0. The molecule has 10 radical (unpaired) electrons. The van der Waals surface area contributed by atoms with Crippen LogP contribution in [-0.4, -0.2) is 6.26 Å². The zero-order valence-corrected chi connectivity index (χ0v) is 13.7. The van der Waals surface area contributed by atoms with E-state index in [2.05, 4.69) is 0 Å². The van der Waals surface area contributed by atoms with Gasteiger partial charge in [0.15, 0.2) is 5.56 Å². The summed E-state index contributed by atoms with van der Waals surface area (Å²) in [6.45, 7) is 0. The van der Waals surface area contributed by atoms with Gasteiger partial charge in [-0.2, -0.15) is 5.26 Å². The van der Waals surface area contributed by atoms with Crippen LogP contribution in [0, 0.1) is 75.0 Å². The molecule has 0 spiro atoms. The molecule has 2 aliphatic carbocycles. The molecule has 0 unspecified atom stereocenters. The minimum atomic E-state index is -0.578. The van der Waals surface area contributed by atoms with E-state index in [1.165, 1.54) is 11.8 Å². The molecule has 1 aromatic heterocycles. The predicted molar refractivity (Wildman–Crippen MR) is 82.5 cm³/mol. The van der Waals surface area contributed by atoms with Crippen LogP contribution in [0.3, 0.4) is 0 Å². The molecule has 112 valence electrons. The van der Waals surface area contributed by atoms with Crippen LogP contribution in [0.4, 0.5) is 0 Å². The number of hydrogen-bond acceptors (Lipinski definition) is 4. The van der Waals surface area contributed by atoms with Crippen LogP contribution in [0.5, 0.6) is 0 Å². The van der Waals surface area contributed by atoms with E-state index in [1.54, 1.807) is 6.07 Å². The molecule has 1 heterocycles. The fourth-order valence-electron chi connectivity index (χ4n) is 1.74. The SMILES string of the molecule is CSc1cc([C]2[CH][CH][CH][CH]2)oc(=O)c1C#N.[CH]1[CH][CH][CH][CH]1.[Fe]. The number of rotatable bonds is 2. The topological polar surface area (TPSA) is 54.0 Å². The van der Waals surface area contributed by atoms with Crippen molar-refractivity contribution >= 4 is 11.8 Å². The van der Waals surface area contributed by atoms with Gasteiger partial charge in [-0.3, -0.25) is 0 Å². The summed E-state index contributed by atoms with van der Waals surface area (Å²) in [7, 11) is 0. The fourth-order valence-corrected chi connectivity index (χ4v) is 2.29. The van der Waals surface area contributed by atoms with E-state index in [1.807, 2.05) is 70.1 Å². The Kier molecular flexibility index (Phi) is 8.93. The summed E-state index contributed by atoms with van der Waals surface area (Å²) in [5.41, 5.74) is -0.506. The van der Waals surface area contributed by atoms with Crippen LogP contribution in [0.1, 0.15) is 11.3 Å². The second-order valence-corrected chi connectivity index (χ2v) is 4.94. The van der Waals surface area contributed by atoms with Crippen molar-refractivity contribution in [2.45, 2.75) is 4.90 Å². The average molecular weight is 351 g/mol. The minimum Gasteiger partial charge on any atom is -0.426 e. The van der Waals surface area contributed by atoms with E-state index in [9.17, 15) is 4.79 Å². The first-order valence-corrected chi connectivity index (χ1v) is 7.49.